The highest BCUT2D eigenvalue weighted by molar-refractivity contribution is 5.97. The van der Waals surface area contributed by atoms with E-state index in [1.165, 1.54) is 24.3 Å². The van der Waals surface area contributed by atoms with Gasteiger partial charge in [0.1, 0.15) is 5.82 Å². The normalized spacial score (nSPS) is 18.0. The molecule has 2 aliphatic heterocycles. The summed E-state index contributed by atoms with van der Waals surface area (Å²) in [4.78, 5) is 42.4. The summed E-state index contributed by atoms with van der Waals surface area (Å²) in [7, 11) is 0. The zero-order chi connectivity index (χ0) is 19.2. The molecule has 27 heavy (non-hydrogen) atoms. The highest BCUT2D eigenvalue weighted by atomic mass is 19.1. The molecular weight excluding hydrogens is 349 g/mol. The Kier molecular flexibility index (Phi) is 6.55. The third kappa shape index (κ3) is 5.35. The highest BCUT2D eigenvalue weighted by Gasteiger charge is 2.25. The van der Waals surface area contributed by atoms with Crippen LogP contribution >= 0.6 is 0 Å². The SMILES string of the molecule is O=C(CCC(=O)N1CCN(CC(=O)N2CCCC2)CC1)c1ccc(F)cc1. The van der Waals surface area contributed by atoms with Gasteiger partial charge in [0.2, 0.25) is 11.8 Å². The lowest BCUT2D eigenvalue weighted by Gasteiger charge is -2.35. The van der Waals surface area contributed by atoms with Crippen molar-refractivity contribution in [3.8, 4) is 0 Å². The van der Waals surface area contributed by atoms with Crippen molar-refractivity contribution < 1.29 is 18.8 Å². The molecule has 1 aromatic carbocycles. The number of hydrogen-bond donors (Lipinski definition) is 0. The van der Waals surface area contributed by atoms with Crippen molar-refractivity contribution in [2.45, 2.75) is 25.7 Å². The number of amides is 2. The summed E-state index contributed by atoms with van der Waals surface area (Å²) in [6.07, 6.45) is 2.45. The molecule has 2 fully saturated rings. The maximum Gasteiger partial charge on any atom is 0.236 e. The summed E-state index contributed by atoms with van der Waals surface area (Å²) >= 11 is 0. The largest absolute Gasteiger partial charge is 0.342 e. The predicted octanol–water partition coefficient (Wildman–Crippen LogP) is 1.56. The summed E-state index contributed by atoms with van der Waals surface area (Å²) in [6.45, 7) is 4.66. The number of piperazine rings is 1. The molecule has 0 N–H and O–H groups in total. The summed E-state index contributed by atoms with van der Waals surface area (Å²) < 4.78 is 12.9. The second-order valence-electron chi connectivity index (χ2n) is 7.17. The first-order valence-electron chi connectivity index (χ1n) is 9.59. The number of likely N-dealkylation sites (tertiary alicyclic amines) is 1. The van der Waals surface area contributed by atoms with Crippen molar-refractivity contribution in [1.29, 1.82) is 0 Å². The lowest BCUT2D eigenvalue weighted by molar-refractivity contribution is -0.134. The van der Waals surface area contributed by atoms with Gasteiger partial charge in [-0.05, 0) is 37.1 Å². The minimum atomic E-state index is -0.385. The van der Waals surface area contributed by atoms with Crippen LogP contribution < -0.4 is 0 Å². The van der Waals surface area contributed by atoms with Crippen LogP contribution in [0.5, 0.6) is 0 Å². The van der Waals surface area contributed by atoms with E-state index in [4.69, 9.17) is 0 Å². The van der Waals surface area contributed by atoms with Gasteiger partial charge < -0.3 is 9.80 Å². The number of ketones is 1. The molecule has 0 aliphatic carbocycles. The molecule has 0 bridgehead atoms. The Labute approximate surface area is 158 Å². The standard InChI is InChI=1S/C20H26FN3O3/c21-17-5-3-16(4-6-17)18(25)7-8-19(26)24-13-11-22(12-14-24)15-20(27)23-9-1-2-10-23/h3-6H,1-2,7-15H2. The van der Waals surface area contributed by atoms with Gasteiger partial charge in [0.15, 0.2) is 5.78 Å². The molecule has 2 amide bonds. The van der Waals surface area contributed by atoms with E-state index in [0.29, 0.717) is 38.3 Å². The first kappa shape index (κ1) is 19.5. The van der Waals surface area contributed by atoms with E-state index in [2.05, 4.69) is 4.90 Å². The Morgan fingerprint density at radius 2 is 1.37 bits per heavy atom. The summed E-state index contributed by atoms with van der Waals surface area (Å²) in [5.74, 6) is -0.407. The summed E-state index contributed by atoms with van der Waals surface area (Å²) in [5.41, 5.74) is 0.425. The van der Waals surface area contributed by atoms with Gasteiger partial charge in [-0.15, -0.1) is 0 Å². The van der Waals surface area contributed by atoms with E-state index in [-0.39, 0.29) is 36.3 Å². The molecule has 3 rings (SSSR count). The second kappa shape index (κ2) is 9.08. The maximum absolute atomic E-state index is 12.9. The fraction of sp³-hybridized carbons (Fsp3) is 0.550. The monoisotopic (exact) mass is 375 g/mol. The number of hydrogen-bond acceptors (Lipinski definition) is 4. The van der Waals surface area contributed by atoms with Gasteiger partial charge in [-0.25, -0.2) is 4.39 Å². The van der Waals surface area contributed by atoms with Crippen LogP contribution in [0.15, 0.2) is 24.3 Å². The highest BCUT2D eigenvalue weighted by Crippen LogP contribution is 2.12. The molecule has 0 saturated carbocycles. The molecular formula is C20H26FN3O3. The van der Waals surface area contributed by atoms with Crippen molar-refractivity contribution in [3.63, 3.8) is 0 Å². The molecule has 6 nitrogen and oxygen atoms in total. The Morgan fingerprint density at radius 3 is 2.00 bits per heavy atom. The number of carbonyl (C=O) groups is 3. The van der Waals surface area contributed by atoms with E-state index in [9.17, 15) is 18.8 Å². The predicted molar refractivity (Wildman–Crippen MR) is 98.8 cm³/mol. The molecule has 1 aromatic rings. The smallest absolute Gasteiger partial charge is 0.236 e. The molecule has 2 aliphatic rings. The van der Waals surface area contributed by atoms with Crippen LogP contribution in [0.3, 0.4) is 0 Å². The Morgan fingerprint density at radius 1 is 0.778 bits per heavy atom. The molecule has 0 unspecified atom stereocenters. The van der Waals surface area contributed by atoms with Gasteiger partial charge in [0.05, 0.1) is 6.54 Å². The minimum absolute atomic E-state index is 0.0454. The fourth-order valence-electron chi connectivity index (χ4n) is 3.57. The number of benzene rings is 1. The molecule has 7 heteroatoms. The minimum Gasteiger partial charge on any atom is -0.342 e. The molecule has 2 heterocycles. The third-order valence-corrected chi connectivity index (χ3v) is 5.27. The van der Waals surface area contributed by atoms with Gasteiger partial charge in [-0.1, -0.05) is 0 Å². The average molecular weight is 375 g/mol. The molecule has 146 valence electrons. The van der Waals surface area contributed by atoms with Crippen LogP contribution in [0.2, 0.25) is 0 Å². The van der Waals surface area contributed by atoms with Crippen molar-refractivity contribution >= 4 is 17.6 Å². The lowest BCUT2D eigenvalue weighted by atomic mass is 10.1. The Hall–Kier alpha value is -2.28. The van der Waals surface area contributed by atoms with E-state index in [1.807, 2.05) is 4.90 Å². The second-order valence-corrected chi connectivity index (χ2v) is 7.17. The van der Waals surface area contributed by atoms with E-state index >= 15 is 0 Å². The number of Topliss-reactive ketones (excluding diaryl/α,β-unsaturated/α-hetero) is 1. The third-order valence-electron chi connectivity index (χ3n) is 5.27. The van der Waals surface area contributed by atoms with Gasteiger partial charge in [0.25, 0.3) is 0 Å². The fourth-order valence-corrected chi connectivity index (χ4v) is 3.57. The quantitative estimate of drug-likeness (QED) is 0.708. The van der Waals surface area contributed by atoms with Crippen LogP contribution in [-0.4, -0.2) is 78.1 Å². The first-order valence-corrected chi connectivity index (χ1v) is 9.59. The molecule has 0 atom stereocenters. The number of halogens is 1. The van der Waals surface area contributed by atoms with Gasteiger partial charge in [-0.3, -0.25) is 19.3 Å². The van der Waals surface area contributed by atoms with Crippen LogP contribution in [-0.2, 0) is 9.59 Å². The zero-order valence-electron chi connectivity index (χ0n) is 15.5. The van der Waals surface area contributed by atoms with Gasteiger partial charge in [0, 0.05) is 57.7 Å². The molecule has 2 saturated heterocycles. The van der Waals surface area contributed by atoms with E-state index < -0.39 is 0 Å². The van der Waals surface area contributed by atoms with Crippen molar-refractivity contribution in [2.24, 2.45) is 0 Å². The topological polar surface area (TPSA) is 60.9 Å². The number of nitrogens with zero attached hydrogens (tertiary/aromatic N) is 3. The Bertz CT molecular complexity index is 678. The van der Waals surface area contributed by atoms with Crippen molar-refractivity contribution in [3.05, 3.63) is 35.6 Å². The summed E-state index contributed by atoms with van der Waals surface area (Å²) in [5, 5.41) is 0. The van der Waals surface area contributed by atoms with Gasteiger partial charge in [-0.2, -0.15) is 0 Å². The van der Waals surface area contributed by atoms with Gasteiger partial charge >= 0.3 is 0 Å². The molecule has 0 aromatic heterocycles. The summed E-state index contributed by atoms with van der Waals surface area (Å²) in [6, 6.07) is 5.38. The Balaban J connectivity index is 1.38. The zero-order valence-corrected chi connectivity index (χ0v) is 15.5. The van der Waals surface area contributed by atoms with E-state index in [0.717, 1.165) is 25.9 Å². The first-order chi connectivity index (χ1) is 13.0. The average Bonchev–Trinajstić information content (AvgIpc) is 3.22. The van der Waals surface area contributed by atoms with Crippen molar-refractivity contribution in [2.75, 3.05) is 45.8 Å². The lowest BCUT2D eigenvalue weighted by Crippen LogP contribution is -2.51. The van der Waals surface area contributed by atoms with Crippen molar-refractivity contribution in [1.82, 2.24) is 14.7 Å². The van der Waals surface area contributed by atoms with Crippen LogP contribution in [0.25, 0.3) is 0 Å². The molecule has 0 spiro atoms. The van der Waals surface area contributed by atoms with Crippen LogP contribution in [0, 0.1) is 5.82 Å². The maximum atomic E-state index is 12.9. The number of carbonyl (C=O) groups excluding carboxylic acids is 3. The number of rotatable bonds is 6. The van der Waals surface area contributed by atoms with Crippen LogP contribution in [0.1, 0.15) is 36.0 Å². The molecule has 0 radical (unpaired) electrons. The van der Waals surface area contributed by atoms with E-state index in [1.54, 1.807) is 4.90 Å². The van der Waals surface area contributed by atoms with Crippen LogP contribution in [0.4, 0.5) is 4.39 Å².